The molecule has 1 aromatic heterocycles. The van der Waals surface area contributed by atoms with E-state index in [0.717, 1.165) is 10.9 Å². The standard InChI is InChI=1S/C17H11ClN4/c18-15-16(20)14(8-13-2-1-7-21-17(13)15)22-10-12-5-3-11(9-19)4-6-12/h1-8,10H,20H2. The van der Waals surface area contributed by atoms with Crippen LogP contribution in [0.5, 0.6) is 0 Å². The topological polar surface area (TPSA) is 75.1 Å². The number of fused-ring (bicyclic) bond motifs is 1. The summed E-state index contributed by atoms with van der Waals surface area (Å²) in [5.74, 6) is 0. The monoisotopic (exact) mass is 306 g/mol. The highest BCUT2D eigenvalue weighted by Gasteiger charge is 2.09. The molecule has 0 atom stereocenters. The van der Waals surface area contributed by atoms with Gasteiger partial charge < -0.3 is 5.73 Å². The van der Waals surface area contributed by atoms with Crippen molar-refractivity contribution >= 4 is 40.1 Å². The summed E-state index contributed by atoms with van der Waals surface area (Å²) in [4.78, 5) is 8.62. The molecule has 0 aliphatic carbocycles. The number of hydrogen-bond donors (Lipinski definition) is 1. The molecule has 0 spiro atoms. The van der Waals surface area contributed by atoms with Crippen molar-refractivity contribution in [3.63, 3.8) is 0 Å². The van der Waals surface area contributed by atoms with Crippen LogP contribution in [0.4, 0.5) is 11.4 Å². The predicted molar refractivity (Wildman–Crippen MR) is 89.6 cm³/mol. The predicted octanol–water partition coefficient (Wildman–Crippen LogP) is 4.09. The summed E-state index contributed by atoms with van der Waals surface area (Å²) in [6.45, 7) is 0. The summed E-state index contributed by atoms with van der Waals surface area (Å²) in [7, 11) is 0. The number of anilines is 1. The first-order chi connectivity index (χ1) is 10.7. The lowest BCUT2D eigenvalue weighted by molar-refractivity contribution is 1.41. The van der Waals surface area contributed by atoms with Crippen molar-refractivity contribution in [3.8, 4) is 6.07 Å². The molecule has 0 amide bonds. The van der Waals surface area contributed by atoms with Gasteiger partial charge in [-0.15, -0.1) is 0 Å². The molecule has 0 unspecified atom stereocenters. The van der Waals surface area contributed by atoms with Crippen LogP contribution in [0.3, 0.4) is 0 Å². The number of nitrogens with two attached hydrogens (primary N) is 1. The van der Waals surface area contributed by atoms with E-state index in [0.29, 0.717) is 27.5 Å². The Morgan fingerprint density at radius 2 is 2.00 bits per heavy atom. The largest absolute Gasteiger partial charge is 0.396 e. The summed E-state index contributed by atoms with van der Waals surface area (Å²) in [6, 6.07) is 14.8. The highest BCUT2D eigenvalue weighted by molar-refractivity contribution is 6.38. The van der Waals surface area contributed by atoms with Crippen LogP contribution >= 0.6 is 11.6 Å². The van der Waals surface area contributed by atoms with Crippen LogP contribution in [-0.4, -0.2) is 11.2 Å². The maximum Gasteiger partial charge on any atom is 0.0991 e. The quantitative estimate of drug-likeness (QED) is 0.572. The molecule has 4 nitrogen and oxygen atoms in total. The van der Waals surface area contributed by atoms with Crippen LogP contribution in [0.1, 0.15) is 11.1 Å². The molecule has 5 heteroatoms. The average molecular weight is 307 g/mol. The number of benzene rings is 2. The van der Waals surface area contributed by atoms with E-state index in [9.17, 15) is 0 Å². The number of halogens is 1. The summed E-state index contributed by atoms with van der Waals surface area (Å²) in [5.41, 5.74) is 9.17. The summed E-state index contributed by atoms with van der Waals surface area (Å²) in [5, 5.41) is 10.1. The maximum absolute atomic E-state index is 8.78. The first-order valence-corrected chi connectivity index (χ1v) is 6.94. The molecule has 1 heterocycles. The van der Waals surface area contributed by atoms with Gasteiger partial charge in [0, 0.05) is 17.8 Å². The molecule has 3 rings (SSSR count). The van der Waals surface area contributed by atoms with Gasteiger partial charge in [0.1, 0.15) is 0 Å². The van der Waals surface area contributed by atoms with Gasteiger partial charge in [0.05, 0.1) is 33.5 Å². The van der Waals surface area contributed by atoms with Crippen LogP contribution in [0.25, 0.3) is 10.9 Å². The molecular weight excluding hydrogens is 296 g/mol. The van der Waals surface area contributed by atoms with Gasteiger partial charge in [0.25, 0.3) is 0 Å². The molecule has 0 bridgehead atoms. The highest BCUT2D eigenvalue weighted by Crippen LogP contribution is 2.35. The van der Waals surface area contributed by atoms with Crippen molar-refractivity contribution in [1.29, 1.82) is 5.26 Å². The molecule has 2 N–H and O–H groups in total. The van der Waals surface area contributed by atoms with Gasteiger partial charge in [-0.3, -0.25) is 9.98 Å². The second-order valence-electron chi connectivity index (χ2n) is 4.69. The van der Waals surface area contributed by atoms with E-state index in [1.165, 1.54) is 0 Å². The number of aromatic nitrogens is 1. The zero-order valence-electron chi connectivity index (χ0n) is 11.5. The first-order valence-electron chi connectivity index (χ1n) is 6.56. The normalized spacial score (nSPS) is 10.9. The van der Waals surface area contributed by atoms with Crippen molar-refractivity contribution in [2.24, 2.45) is 4.99 Å². The minimum Gasteiger partial charge on any atom is -0.396 e. The lowest BCUT2D eigenvalue weighted by Gasteiger charge is -2.06. The van der Waals surface area contributed by atoms with Crippen molar-refractivity contribution in [3.05, 3.63) is 64.8 Å². The Labute approximate surface area is 132 Å². The van der Waals surface area contributed by atoms with Crippen LogP contribution in [0.15, 0.2) is 53.7 Å². The molecule has 0 radical (unpaired) electrons. The Hall–Kier alpha value is -2.90. The lowest BCUT2D eigenvalue weighted by atomic mass is 10.1. The second kappa shape index (κ2) is 5.84. The fourth-order valence-corrected chi connectivity index (χ4v) is 2.33. The van der Waals surface area contributed by atoms with Crippen LogP contribution < -0.4 is 5.73 Å². The Bertz CT molecular complexity index is 908. The van der Waals surface area contributed by atoms with Gasteiger partial charge in [-0.2, -0.15) is 5.26 Å². The average Bonchev–Trinajstić information content (AvgIpc) is 2.57. The molecule has 3 aromatic rings. The van der Waals surface area contributed by atoms with Gasteiger partial charge in [-0.25, -0.2) is 0 Å². The molecule has 0 saturated carbocycles. The minimum absolute atomic E-state index is 0.401. The summed E-state index contributed by atoms with van der Waals surface area (Å²) < 4.78 is 0. The third kappa shape index (κ3) is 2.62. The molecular formula is C17H11ClN4. The fraction of sp³-hybridized carbons (Fsp3) is 0. The molecule has 0 aliphatic rings. The SMILES string of the molecule is N#Cc1ccc(C=Nc2cc3cccnc3c(Cl)c2N)cc1. The van der Waals surface area contributed by atoms with E-state index >= 15 is 0 Å². The molecule has 0 aliphatic heterocycles. The Morgan fingerprint density at radius 3 is 2.73 bits per heavy atom. The number of nitrogen functional groups attached to an aromatic ring is 1. The Morgan fingerprint density at radius 1 is 1.23 bits per heavy atom. The highest BCUT2D eigenvalue weighted by atomic mass is 35.5. The molecule has 0 fully saturated rings. The number of nitriles is 1. The van der Waals surface area contributed by atoms with Gasteiger partial charge in [-0.1, -0.05) is 29.8 Å². The second-order valence-corrected chi connectivity index (χ2v) is 5.07. The van der Waals surface area contributed by atoms with Crippen molar-refractivity contribution < 1.29 is 0 Å². The number of nitrogens with zero attached hydrogens (tertiary/aromatic N) is 3. The maximum atomic E-state index is 8.78. The van der Waals surface area contributed by atoms with Gasteiger partial charge >= 0.3 is 0 Å². The zero-order valence-corrected chi connectivity index (χ0v) is 12.2. The molecule has 106 valence electrons. The molecule has 0 saturated heterocycles. The third-order valence-electron chi connectivity index (χ3n) is 3.24. The zero-order chi connectivity index (χ0) is 15.5. The third-order valence-corrected chi connectivity index (χ3v) is 3.63. The van der Waals surface area contributed by atoms with Gasteiger partial charge in [0.15, 0.2) is 0 Å². The van der Waals surface area contributed by atoms with Crippen molar-refractivity contribution in [2.75, 3.05) is 5.73 Å². The minimum atomic E-state index is 0.401. The summed E-state index contributed by atoms with van der Waals surface area (Å²) in [6.07, 6.45) is 3.36. The molecule has 22 heavy (non-hydrogen) atoms. The van der Waals surface area contributed by atoms with E-state index in [1.807, 2.05) is 30.3 Å². The Kier molecular flexibility index (Phi) is 3.73. The summed E-state index contributed by atoms with van der Waals surface area (Å²) >= 11 is 6.26. The van der Waals surface area contributed by atoms with Crippen LogP contribution in [-0.2, 0) is 0 Å². The lowest BCUT2D eigenvalue weighted by Crippen LogP contribution is -1.91. The van der Waals surface area contributed by atoms with Gasteiger partial charge in [0.2, 0.25) is 0 Å². The smallest absolute Gasteiger partial charge is 0.0991 e. The van der Waals surface area contributed by atoms with E-state index in [4.69, 9.17) is 22.6 Å². The van der Waals surface area contributed by atoms with E-state index in [2.05, 4.69) is 16.0 Å². The van der Waals surface area contributed by atoms with Crippen molar-refractivity contribution in [1.82, 2.24) is 4.98 Å². The fourth-order valence-electron chi connectivity index (χ4n) is 2.08. The van der Waals surface area contributed by atoms with Crippen LogP contribution in [0, 0.1) is 11.3 Å². The Balaban J connectivity index is 2.01. The number of aliphatic imine (C=N–C) groups is 1. The van der Waals surface area contributed by atoms with Crippen LogP contribution in [0.2, 0.25) is 5.02 Å². The van der Waals surface area contributed by atoms with Gasteiger partial charge in [-0.05, 0) is 29.8 Å². The van der Waals surface area contributed by atoms with Crippen molar-refractivity contribution in [2.45, 2.75) is 0 Å². The van der Waals surface area contributed by atoms with E-state index in [-0.39, 0.29) is 0 Å². The number of hydrogen-bond acceptors (Lipinski definition) is 4. The number of pyridine rings is 1. The number of rotatable bonds is 2. The van der Waals surface area contributed by atoms with E-state index < -0.39 is 0 Å². The first kappa shape index (κ1) is 14.1. The van der Waals surface area contributed by atoms with E-state index in [1.54, 1.807) is 24.5 Å². The molecule has 2 aromatic carbocycles.